The Bertz CT molecular complexity index is 574. The first kappa shape index (κ1) is 18.6. The molecule has 0 radical (unpaired) electrons. The molecule has 0 unspecified atom stereocenters. The molecular weight excluding hydrogens is 296 g/mol. The average Bonchev–Trinajstić information content (AvgIpc) is 2.54. The van der Waals surface area contributed by atoms with Gasteiger partial charge in [-0.3, -0.25) is 19.8 Å². The average molecular weight is 320 g/mol. The maximum absolute atomic E-state index is 12.1. The number of hydrogen-bond donors (Lipinski definition) is 3. The third kappa shape index (κ3) is 5.71. The predicted octanol–water partition coefficient (Wildman–Crippen LogP) is 0.963. The summed E-state index contributed by atoms with van der Waals surface area (Å²) in [7, 11) is 3.08. The van der Waals surface area contributed by atoms with Crippen LogP contribution >= 0.6 is 0 Å². The van der Waals surface area contributed by atoms with E-state index < -0.39 is 18.0 Å². The van der Waals surface area contributed by atoms with Gasteiger partial charge in [0.05, 0.1) is 12.6 Å². The van der Waals surface area contributed by atoms with Crippen LogP contribution in [0.2, 0.25) is 0 Å². The number of benzene rings is 1. The van der Waals surface area contributed by atoms with Crippen molar-refractivity contribution in [3.63, 3.8) is 0 Å². The van der Waals surface area contributed by atoms with E-state index in [9.17, 15) is 14.4 Å². The molecule has 0 aliphatic rings. The number of para-hydroxylation sites is 1. The molecule has 0 saturated heterocycles. The monoisotopic (exact) mass is 320 g/mol. The van der Waals surface area contributed by atoms with Crippen LogP contribution in [0.3, 0.4) is 0 Å². The van der Waals surface area contributed by atoms with Crippen molar-refractivity contribution in [2.45, 2.75) is 26.3 Å². The first-order valence-electron chi connectivity index (χ1n) is 7.49. The van der Waals surface area contributed by atoms with Crippen molar-refractivity contribution in [1.29, 1.82) is 0 Å². The number of rotatable bonds is 6. The van der Waals surface area contributed by atoms with E-state index in [-0.39, 0.29) is 12.5 Å². The third-order valence-corrected chi connectivity index (χ3v) is 3.57. The zero-order valence-electron chi connectivity index (χ0n) is 14.0. The zero-order valence-corrected chi connectivity index (χ0v) is 14.0. The molecule has 3 N–H and O–H groups in total. The lowest BCUT2D eigenvalue weighted by molar-refractivity contribution is -0.125. The highest BCUT2D eigenvalue weighted by Crippen LogP contribution is 2.15. The number of carbonyl (C=O) groups excluding carboxylic acids is 3. The molecule has 23 heavy (non-hydrogen) atoms. The first-order valence-corrected chi connectivity index (χ1v) is 7.49. The van der Waals surface area contributed by atoms with Gasteiger partial charge in [0.15, 0.2) is 0 Å². The standard InChI is InChI=1S/C16H24N4O3/c1-5-12-8-6-7-9-13(12)18-14(21)10-20(4)11(2)15(22)19-16(23)17-3/h6-9,11H,5,10H2,1-4H3,(H,18,21)(H2,17,19,22,23)/t11-/m0/s1. The molecule has 0 heterocycles. The molecule has 1 aromatic carbocycles. The second-order valence-electron chi connectivity index (χ2n) is 5.22. The van der Waals surface area contributed by atoms with Crippen molar-refractivity contribution in [2.75, 3.05) is 26.0 Å². The second kappa shape index (κ2) is 8.89. The summed E-state index contributed by atoms with van der Waals surface area (Å²) in [5.41, 5.74) is 1.82. The van der Waals surface area contributed by atoms with Crippen molar-refractivity contribution in [3.8, 4) is 0 Å². The Hall–Kier alpha value is -2.41. The SMILES string of the molecule is CCc1ccccc1NC(=O)CN(C)[C@@H](C)C(=O)NC(=O)NC. The lowest BCUT2D eigenvalue weighted by Crippen LogP contribution is -2.49. The van der Waals surface area contributed by atoms with Crippen LogP contribution < -0.4 is 16.0 Å². The van der Waals surface area contributed by atoms with Crippen LogP contribution in [0, 0.1) is 0 Å². The molecule has 0 spiro atoms. The van der Waals surface area contributed by atoms with E-state index in [2.05, 4.69) is 16.0 Å². The minimum atomic E-state index is -0.612. The first-order chi connectivity index (χ1) is 10.9. The van der Waals surface area contributed by atoms with E-state index in [1.807, 2.05) is 31.2 Å². The fraction of sp³-hybridized carbons (Fsp3) is 0.438. The van der Waals surface area contributed by atoms with Crippen LogP contribution in [0.25, 0.3) is 0 Å². The molecule has 0 aliphatic heterocycles. The molecule has 1 rings (SSSR count). The van der Waals surface area contributed by atoms with Crippen LogP contribution in [0.15, 0.2) is 24.3 Å². The van der Waals surface area contributed by atoms with Gasteiger partial charge in [0.2, 0.25) is 11.8 Å². The fourth-order valence-electron chi connectivity index (χ4n) is 1.98. The van der Waals surface area contributed by atoms with Gasteiger partial charge in [0, 0.05) is 12.7 Å². The van der Waals surface area contributed by atoms with Gasteiger partial charge in [-0.25, -0.2) is 4.79 Å². The van der Waals surface area contributed by atoms with Gasteiger partial charge < -0.3 is 10.6 Å². The topological polar surface area (TPSA) is 90.5 Å². The Morgan fingerprint density at radius 3 is 2.48 bits per heavy atom. The number of nitrogens with one attached hydrogen (secondary N) is 3. The molecule has 1 atom stereocenters. The number of urea groups is 1. The molecule has 0 bridgehead atoms. The van der Waals surface area contributed by atoms with Crippen LogP contribution in [0.4, 0.5) is 10.5 Å². The Balaban J connectivity index is 2.59. The summed E-state index contributed by atoms with van der Waals surface area (Å²) < 4.78 is 0. The largest absolute Gasteiger partial charge is 0.341 e. The summed E-state index contributed by atoms with van der Waals surface area (Å²) in [4.78, 5) is 36.7. The molecule has 7 nitrogen and oxygen atoms in total. The molecule has 0 aliphatic carbocycles. The van der Waals surface area contributed by atoms with Crippen LogP contribution in [-0.4, -0.2) is 49.4 Å². The molecule has 0 saturated carbocycles. The van der Waals surface area contributed by atoms with Gasteiger partial charge in [-0.1, -0.05) is 25.1 Å². The summed E-state index contributed by atoms with van der Waals surface area (Å²) in [6.07, 6.45) is 0.817. The molecule has 0 fully saturated rings. The maximum atomic E-state index is 12.1. The number of aryl methyl sites for hydroxylation is 1. The van der Waals surface area contributed by atoms with Gasteiger partial charge in [-0.15, -0.1) is 0 Å². The normalized spacial score (nSPS) is 11.7. The molecule has 126 valence electrons. The lowest BCUT2D eigenvalue weighted by atomic mass is 10.1. The summed E-state index contributed by atoms with van der Waals surface area (Å²) in [6, 6.07) is 6.40. The van der Waals surface area contributed by atoms with Crippen LogP contribution in [-0.2, 0) is 16.0 Å². The number of imide groups is 1. The Labute approximate surface area is 136 Å². The highest BCUT2D eigenvalue weighted by atomic mass is 16.2. The van der Waals surface area contributed by atoms with Crippen LogP contribution in [0.1, 0.15) is 19.4 Å². The van der Waals surface area contributed by atoms with Crippen molar-refractivity contribution >= 4 is 23.5 Å². The Kier molecular flexibility index (Phi) is 7.21. The quantitative estimate of drug-likeness (QED) is 0.728. The van der Waals surface area contributed by atoms with Crippen LogP contribution in [0.5, 0.6) is 0 Å². The Morgan fingerprint density at radius 1 is 1.22 bits per heavy atom. The fourth-order valence-corrected chi connectivity index (χ4v) is 1.98. The lowest BCUT2D eigenvalue weighted by Gasteiger charge is -2.23. The Morgan fingerprint density at radius 2 is 1.87 bits per heavy atom. The number of anilines is 1. The van der Waals surface area contributed by atoms with E-state index in [0.29, 0.717) is 0 Å². The minimum Gasteiger partial charge on any atom is -0.341 e. The van der Waals surface area contributed by atoms with E-state index in [0.717, 1.165) is 17.7 Å². The number of likely N-dealkylation sites (N-methyl/N-ethyl adjacent to an activating group) is 1. The molecular formula is C16H24N4O3. The predicted molar refractivity (Wildman–Crippen MR) is 89.1 cm³/mol. The number of carbonyl (C=O) groups is 3. The summed E-state index contributed by atoms with van der Waals surface area (Å²) in [5, 5.41) is 7.34. The van der Waals surface area contributed by atoms with Gasteiger partial charge in [0.25, 0.3) is 0 Å². The third-order valence-electron chi connectivity index (χ3n) is 3.57. The maximum Gasteiger partial charge on any atom is 0.321 e. The second-order valence-corrected chi connectivity index (χ2v) is 5.22. The molecule has 7 heteroatoms. The number of nitrogens with zero attached hydrogens (tertiary/aromatic N) is 1. The van der Waals surface area contributed by atoms with Gasteiger partial charge in [0.1, 0.15) is 0 Å². The van der Waals surface area contributed by atoms with E-state index in [1.54, 1.807) is 18.9 Å². The van der Waals surface area contributed by atoms with Crippen molar-refractivity contribution < 1.29 is 14.4 Å². The van der Waals surface area contributed by atoms with Crippen molar-refractivity contribution in [1.82, 2.24) is 15.5 Å². The smallest absolute Gasteiger partial charge is 0.321 e. The summed E-state index contributed by atoms with van der Waals surface area (Å²) in [5.74, 6) is -0.679. The zero-order chi connectivity index (χ0) is 17.4. The highest BCUT2D eigenvalue weighted by molar-refractivity contribution is 5.97. The highest BCUT2D eigenvalue weighted by Gasteiger charge is 2.21. The van der Waals surface area contributed by atoms with Gasteiger partial charge in [-0.05, 0) is 32.0 Å². The molecule has 0 aromatic heterocycles. The summed E-state index contributed by atoms with van der Waals surface area (Å²) in [6.45, 7) is 3.69. The minimum absolute atomic E-state index is 0.0420. The number of amides is 4. The van der Waals surface area contributed by atoms with Crippen molar-refractivity contribution in [2.24, 2.45) is 0 Å². The van der Waals surface area contributed by atoms with E-state index in [4.69, 9.17) is 0 Å². The van der Waals surface area contributed by atoms with E-state index >= 15 is 0 Å². The van der Waals surface area contributed by atoms with Gasteiger partial charge in [-0.2, -0.15) is 0 Å². The van der Waals surface area contributed by atoms with Crippen molar-refractivity contribution in [3.05, 3.63) is 29.8 Å². The van der Waals surface area contributed by atoms with Gasteiger partial charge >= 0.3 is 6.03 Å². The van der Waals surface area contributed by atoms with E-state index in [1.165, 1.54) is 7.05 Å². The molecule has 4 amide bonds. The molecule has 1 aromatic rings. The number of hydrogen-bond acceptors (Lipinski definition) is 4. The summed E-state index contributed by atoms with van der Waals surface area (Å²) >= 11 is 0.